The van der Waals surface area contributed by atoms with Gasteiger partial charge >= 0.3 is 21.1 Å². The maximum Gasteiger partial charge on any atom is 2.00 e. The van der Waals surface area contributed by atoms with Gasteiger partial charge in [0.05, 0.1) is 10.1 Å². The fraction of sp³-hybridized carbons (Fsp3) is 0. The first-order valence-corrected chi connectivity index (χ1v) is 8.91. The van der Waals surface area contributed by atoms with E-state index < -0.39 is 23.8 Å². The van der Waals surface area contributed by atoms with E-state index in [2.05, 4.69) is 32.1 Å². The summed E-state index contributed by atoms with van der Waals surface area (Å²) in [6, 6.07) is 16.5. The summed E-state index contributed by atoms with van der Waals surface area (Å²) in [5, 5.41) is 0.928. The molecule has 0 aliphatic rings. The predicted molar refractivity (Wildman–Crippen MR) is 96.6 cm³/mol. The molecule has 30 heavy (non-hydrogen) atoms. The molecule has 4 aromatic heterocycles. The van der Waals surface area contributed by atoms with Gasteiger partial charge in [-0.1, -0.05) is 59.3 Å². The molecule has 0 aliphatic carbocycles. The van der Waals surface area contributed by atoms with Crippen molar-refractivity contribution >= 4 is 11.8 Å². The predicted octanol–water partition coefficient (Wildman–Crippen LogP) is 4.91. The molecule has 0 saturated heterocycles. The summed E-state index contributed by atoms with van der Waals surface area (Å²) >= 11 is 1.14. The maximum absolute atomic E-state index is 13.9. The summed E-state index contributed by atoms with van der Waals surface area (Å²) < 4.78 is 53.8. The minimum atomic E-state index is -1.02. The molecule has 4 rings (SSSR count). The van der Waals surface area contributed by atoms with Crippen LogP contribution in [0.1, 0.15) is 0 Å². The zero-order valence-electron chi connectivity index (χ0n) is 14.6. The molecule has 0 fully saturated rings. The Morgan fingerprint density at radius 1 is 0.633 bits per heavy atom. The van der Waals surface area contributed by atoms with Crippen LogP contribution in [0, 0.1) is 35.9 Å². The van der Waals surface area contributed by atoms with Gasteiger partial charge in [-0.15, -0.1) is 12.1 Å². The molecular formula is C20H8F4N4PtS. The minimum Gasteiger partial charge on any atom is -0.291 e. The molecule has 0 aromatic carbocycles. The van der Waals surface area contributed by atoms with Crippen molar-refractivity contribution in [3.63, 3.8) is 0 Å². The molecule has 0 spiro atoms. The number of hydrogen-bond acceptors (Lipinski definition) is 5. The summed E-state index contributed by atoms with van der Waals surface area (Å²) in [6.45, 7) is 0. The minimum absolute atomic E-state index is 0. The molecule has 0 bridgehead atoms. The molecule has 0 N–H and O–H groups in total. The summed E-state index contributed by atoms with van der Waals surface area (Å²) in [7, 11) is 0. The van der Waals surface area contributed by atoms with Gasteiger partial charge in [0, 0.05) is 0 Å². The molecule has 0 unspecified atom stereocenters. The van der Waals surface area contributed by atoms with Gasteiger partial charge in [0.15, 0.2) is 0 Å². The first-order chi connectivity index (χ1) is 14.0. The van der Waals surface area contributed by atoms with E-state index in [4.69, 9.17) is 0 Å². The van der Waals surface area contributed by atoms with Crippen molar-refractivity contribution in [2.75, 3.05) is 0 Å². The second kappa shape index (κ2) is 9.45. The summed E-state index contributed by atoms with van der Waals surface area (Å²) in [5.41, 5.74) is 0.311. The third-order valence-electron chi connectivity index (χ3n) is 3.66. The van der Waals surface area contributed by atoms with E-state index >= 15 is 0 Å². The molecule has 152 valence electrons. The van der Waals surface area contributed by atoms with Crippen LogP contribution in [-0.2, 0) is 21.1 Å². The van der Waals surface area contributed by atoms with Gasteiger partial charge in [0.1, 0.15) is 23.8 Å². The average Bonchev–Trinajstić information content (AvgIpc) is 2.68. The first kappa shape index (κ1) is 22.1. The molecule has 10 heteroatoms. The number of pyridine rings is 4. The van der Waals surface area contributed by atoms with E-state index in [1.54, 1.807) is 24.3 Å². The van der Waals surface area contributed by atoms with Crippen LogP contribution in [0.4, 0.5) is 17.6 Å². The Labute approximate surface area is 187 Å². The maximum atomic E-state index is 13.9. The van der Waals surface area contributed by atoms with Crippen molar-refractivity contribution in [3.05, 3.63) is 84.5 Å². The van der Waals surface area contributed by atoms with Crippen LogP contribution in [0.15, 0.2) is 58.6 Å². The van der Waals surface area contributed by atoms with E-state index in [9.17, 15) is 17.6 Å². The molecular weight excluding hydrogens is 599 g/mol. The zero-order valence-corrected chi connectivity index (χ0v) is 17.7. The Morgan fingerprint density at radius 3 is 1.47 bits per heavy atom. The molecule has 4 nitrogen and oxygen atoms in total. The number of hydrogen-bond donors (Lipinski definition) is 0. The Hall–Kier alpha value is -2.64. The first-order valence-electron chi connectivity index (χ1n) is 8.10. The number of rotatable bonds is 4. The second-order valence-electron chi connectivity index (χ2n) is 5.60. The van der Waals surface area contributed by atoms with Crippen LogP contribution < -0.4 is 0 Å². The van der Waals surface area contributed by atoms with Crippen molar-refractivity contribution in [1.82, 2.24) is 19.9 Å². The molecule has 0 aliphatic heterocycles. The van der Waals surface area contributed by atoms with Crippen LogP contribution in [-0.4, -0.2) is 19.9 Å². The van der Waals surface area contributed by atoms with Gasteiger partial charge in [-0.25, -0.2) is 17.6 Å². The topological polar surface area (TPSA) is 51.6 Å². The fourth-order valence-electron chi connectivity index (χ4n) is 2.43. The van der Waals surface area contributed by atoms with Crippen LogP contribution >= 0.6 is 11.8 Å². The molecule has 0 saturated carbocycles. The van der Waals surface area contributed by atoms with Crippen molar-refractivity contribution < 1.29 is 38.6 Å². The van der Waals surface area contributed by atoms with Crippen LogP contribution in [0.5, 0.6) is 0 Å². The Balaban J connectivity index is 0.00000256. The van der Waals surface area contributed by atoms with E-state index in [0.717, 1.165) is 23.9 Å². The quantitative estimate of drug-likeness (QED) is 0.188. The van der Waals surface area contributed by atoms with Gasteiger partial charge in [-0.05, 0) is 23.5 Å². The van der Waals surface area contributed by atoms with Crippen LogP contribution in [0.2, 0.25) is 0 Å². The smallest absolute Gasteiger partial charge is 0.291 e. The number of nitrogens with zero attached hydrogens (tertiary/aromatic N) is 4. The summed E-state index contributed by atoms with van der Waals surface area (Å²) in [4.78, 5) is 14.9. The normalized spacial score (nSPS) is 10.5. The molecule has 4 heterocycles. The van der Waals surface area contributed by atoms with Gasteiger partial charge in [-0.2, -0.15) is 0 Å². The molecule has 0 amide bonds. The van der Waals surface area contributed by atoms with Crippen molar-refractivity contribution in [2.45, 2.75) is 10.1 Å². The van der Waals surface area contributed by atoms with E-state index in [-0.39, 0.29) is 43.6 Å². The van der Waals surface area contributed by atoms with E-state index in [1.807, 2.05) is 0 Å². The van der Waals surface area contributed by atoms with Crippen LogP contribution in [0.25, 0.3) is 22.5 Å². The average molecular weight is 607 g/mol. The Morgan fingerprint density at radius 2 is 1.07 bits per heavy atom. The standard InChI is InChI=1S/C20H8F4N4S.Pt/c21-15-9-7-11(19(23)27-15)13-3-1-5-17(25-13)29-18-6-2-4-14(26-18)12-8-10-16(22)28-20(12)24;/h1-6,9-10H;/q-2;+2. The number of aromatic nitrogens is 4. The van der Waals surface area contributed by atoms with E-state index in [0.29, 0.717) is 10.1 Å². The van der Waals surface area contributed by atoms with Gasteiger partial charge in [0.2, 0.25) is 0 Å². The Bertz CT molecular complexity index is 1120. The third kappa shape index (κ3) is 4.91. The van der Waals surface area contributed by atoms with Gasteiger partial charge < -0.3 is 0 Å². The van der Waals surface area contributed by atoms with Crippen molar-refractivity contribution in [2.24, 2.45) is 0 Å². The van der Waals surface area contributed by atoms with Crippen molar-refractivity contribution in [3.8, 4) is 22.5 Å². The summed E-state index contributed by atoms with van der Waals surface area (Å²) in [5.74, 6) is -3.99. The molecule has 0 atom stereocenters. The largest absolute Gasteiger partial charge is 2.00 e. The molecule has 0 radical (unpaired) electrons. The van der Waals surface area contributed by atoms with E-state index in [1.165, 1.54) is 12.1 Å². The zero-order chi connectivity index (χ0) is 20.4. The molecule has 4 aromatic rings. The second-order valence-corrected chi connectivity index (χ2v) is 6.64. The van der Waals surface area contributed by atoms with Crippen LogP contribution in [0.3, 0.4) is 0 Å². The van der Waals surface area contributed by atoms with Gasteiger partial charge in [0.25, 0.3) is 0 Å². The monoisotopic (exact) mass is 607 g/mol. The third-order valence-corrected chi connectivity index (χ3v) is 4.54. The Kier molecular flexibility index (Phi) is 6.94. The SMILES string of the molecule is Fc1c[c-]c(-c2cccc(Sc3cccc(-c4[c-]cc(F)nc4F)n3)n2)c(F)n1.[Pt+2]. The van der Waals surface area contributed by atoms with Crippen molar-refractivity contribution in [1.29, 1.82) is 0 Å². The summed E-state index contributed by atoms with van der Waals surface area (Å²) in [6.07, 6.45) is 0. The van der Waals surface area contributed by atoms with Gasteiger partial charge in [-0.3, -0.25) is 19.9 Å². The number of halogens is 4. The fourth-order valence-corrected chi connectivity index (χ4v) is 3.23.